The summed E-state index contributed by atoms with van der Waals surface area (Å²) in [7, 11) is 0. The Kier molecular flexibility index (Phi) is 12.0. The Morgan fingerprint density at radius 1 is 0.512 bits per heavy atom. The van der Waals surface area contributed by atoms with Gasteiger partial charge in [-0.05, 0) is 47.5 Å². The number of aliphatic hydroxyl groups is 2. The van der Waals surface area contributed by atoms with E-state index in [9.17, 15) is 10.2 Å². The lowest BCUT2D eigenvalue weighted by atomic mass is 10.0. The first-order valence-electron chi connectivity index (χ1n) is 13.6. The molecule has 220 valence electrons. The average molecular weight is 567 g/mol. The summed E-state index contributed by atoms with van der Waals surface area (Å²) in [6.45, 7) is 3.55. The number of aliphatic hydroxyl groups excluding tert-OH is 2. The highest BCUT2D eigenvalue weighted by atomic mass is 16.6. The fourth-order valence-electron chi connectivity index (χ4n) is 4.32. The zero-order chi connectivity index (χ0) is 28.9. The topological polar surface area (TPSA) is 164 Å². The summed E-state index contributed by atoms with van der Waals surface area (Å²) in [6, 6.07) is 18.2. The molecule has 2 aromatic heterocycles. The van der Waals surface area contributed by atoms with Gasteiger partial charge in [0, 0.05) is 10.8 Å². The van der Waals surface area contributed by atoms with E-state index in [2.05, 4.69) is 9.97 Å². The maximum atomic E-state index is 10.5. The van der Waals surface area contributed by atoms with Gasteiger partial charge in [-0.1, -0.05) is 24.3 Å². The lowest BCUT2D eigenvalue weighted by molar-refractivity contribution is -0.0263. The molecule has 2 atom stereocenters. The minimum atomic E-state index is -0.773. The summed E-state index contributed by atoms with van der Waals surface area (Å²) in [5, 5.41) is 22.7. The fourth-order valence-corrected chi connectivity index (χ4v) is 4.32. The van der Waals surface area contributed by atoms with Crippen molar-refractivity contribution in [3.8, 4) is 0 Å². The predicted octanol–water partition coefficient (Wildman–Crippen LogP) is 2.80. The minimum Gasteiger partial charge on any atom is -0.386 e. The van der Waals surface area contributed by atoms with E-state index in [-0.39, 0.29) is 13.2 Å². The molecule has 2 heterocycles. The summed E-state index contributed by atoms with van der Waals surface area (Å²) >= 11 is 0. The van der Waals surface area contributed by atoms with Crippen molar-refractivity contribution in [2.45, 2.75) is 12.2 Å². The van der Waals surface area contributed by atoms with Crippen molar-refractivity contribution in [2.75, 3.05) is 77.5 Å². The summed E-state index contributed by atoms with van der Waals surface area (Å²) in [6.07, 6.45) is -1.55. The number of nitrogens with two attached hydrogens (primary N) is 2. The van der Waals surface area contributed by atoms with Crippen molar-refractivity contribution < 1.29 is 33.9 Å². The van der Waals surface area contributed by atoms with E-state index in [0.717, 1.165) is 32.9 Å². The van der Waals surface area contributed by atoms with Gasteiger partial charge in [0.1, 0.15) is 23.8 Å². The van der Waals surface area contributed by atoms with Crippen molar-refractivity contribution in [1.82, 2.24) is 9.97 Å². The number of rotatable bonds is 18. The molecular formula is C30H38N4O7. The molecule has 6 N–H and O–H groups in total. The molecule has 0 bridgehead atoms. The van der Waals surface area contributed by atoms with Gasteiger partial charge in [0.25, 0.3) is 0 Å². The van der Waals surface area contributed by atoms with Crippen LogP contribution in [0.2, 0.25) is 0 Å². The van der Waals surface area contributed by atoms with E-state index >= 15 is 0 Å². The van der Waals surface area contributed by atoms with E-state index in [1.165, 1.54) is 0 Å². The molecule has 41 heavy (non-hydrogen) atoms. The molecule has 11 heteroatoms. The zero-order valence-corrected chi connectivity index (χ0v) is 23.0. The third kappa shape index (κ3) is 9.30. The number of aromatic nitrogens is 2. The smallest absolute Gasteiger partial charge is 0.124 e. The van der Waals surface area contributed by atoms with Crippen LogP contribution >= 0.6 is 0 Å². The first-order valence-corrected chi connectivity index (χ1v) is 13.6. The van der Waals surface area contributed by atoms with Crippen LogP contribution in [0.25, 0.3) is 21.8 Å². The molecule has 0 spiro atoms. The van der Waals surface area contributed by atoms with E-state index in [0.29, 0.717) is 64.5 Å². The van der Waals surface area contributed by atoms with Crippen LogP contribution in [-0.4, -0.2) is 86.2 Å². The number of hydrogen-bond acceptors (Lipinski definition) is 11. The predicted molar refractivity (Wildman–Crippen MR) is 156 cm³/mol. The van der Waals surface area contributed by atoms with Crippen LogP contribution in [0.4, 0.5) is 11.6 Å². The number of nitrogen functional groups attached to an aromatic ring is 2. The van der Waals surface area contributed by atoms with Crippen molar-refractivity contribution in [3.05, 3.63) is 71.8 Å². The quantitative estimate of drug-likeness (QED) is 0.131. The molecule has 0 amide bonds. The van der Waals surface area contributed by atoms with Crippen LogP contribution in [0, 0.1) is 0 Å². The van der Waals surface area contributed by atoms with Gasteiger partial charge in [-0.15, -0.1) is 0 Å². The normalized spacial score (nSPS) is 13.1. The molecule has 2 aromatic carbocycles. The zero-order valence-electron chi connectivity index (χ0n) is 23.0. The van der Waals surface area contributed by atoms with Gasteiger partial charge in [0.15, 0.2) is 0 Å². The van der Waals surface area contributed by atoms with Crippen LogP contribution < -0.4 is 11.5 Å². The second-order valence-electron chi connectivity index (χ2n) is 9.32. The highest BCUT2D eigenvalue weighted by molar-refractivity contribution is 5.84. The highest BCUT2D eigenvalue weighted by Gasteiger charge is 2.13. The Hall–Kier alpha value is -3.42. The Labute approximate surface area is 239 Å². The molecule has 0 aliphatic carbocycles. The van der Waals surface area contributed by atoms with Crippen molar-refractivity contribution >= 4 is 33.4 Å². The highest BCUT2D eigenvalue weighted by Crippen LogP contribution is 2.25. The summed E-state index contributed by atoms with van der Waals surface area (Å²) in [5.74, 6) is 0.880. The third-order valence-electron chi connectivity index (χ3n) is 6.33. The summed E-state index contributed by atoms with van der Waals surface area (Å²) < 4.78 is 27.6. The Morgan fingerprint density at radius 2 is 0.878 bits per heavy atom. The van der Waals surface area contributed by atoms with Crippen molar-refractivity contribution in [1.29, 1.82) is 0 Å². The number of ether oxygens (including phenoxy) is 5. The number of hydrogen-bond donors (Lipinski definition) is 4. The van der Waals surface area contributed by atoms with Gasteiger partial charge in [-0.2, -0.15) is 0 Å². The number of anilines is 2. The molecule has 0 saturated heterocycles. The molecule has 0 radical (unpaired) electrons. The minimum absolute atomic E-state index is 0.152. The van der Waals surface area contributed by atoms with Gasteiger partial charge in [0.05, 0.1) is 77.1 Å². The average Bonchev–Trinajstić information content (AvgIpc) is 2.97. The standard InChI is InChI=1S/C30H38N4O7/c31-29-9-7-21-23(3-1-5-25(21)33-29)27(35)19-40-17-15-38-13-11-37-12-14-39-16-18-41-20-28(36)24-4-2-6-26-22(24)8-10-30(32)34-26/h1-10,27-28,35-36H,11-20H2,(H2,31,33)(H2,32,34). The van der Waals surface area contributed by atoms with Crippen LogP contribution in [-0.2, 0) is 23.7 Å². The number of benzene rings is 2. The van der Waals surface area contributed by atoms with Crippen molar-refractivity contribution in [2.24, 2.45) is 0 Å². The lowest BCUT2D eigenvalue weighted by Crippen LogP contribution is -2.15. The van der Waals surface area contributed by atoms with Crippen molar-refractivity contribution in [3.63, 3.8) is 0 Å². The maximum Gasteiger partial charge on any atom is 0.124 e. The summed E-state index contributed by atoms with van der Waals surface area (Å²) in [5.41, 5.74) is 14.5. The van der Waals surface area contributed by atoms with Crippen LogP contribution in [0.1, 0.15) is 23.3 Å². The van der Waals surface area contributed by atoms with Crippen LogP contribution in [0.5, 0.6) is 0 Å². The second-order valence-corrected chi connectivity index (χ2v) is 9.32. The third-order valence-corrected chi connectivity index (χ3v) is 6.33. The first kappa shape index (κ1) is 30.5. The number of nitrogens with zero attached hydrogens (tertiary/aromatic N) is 2. The Balaban J connectivity index is 0.967. The van der Waals surface area contributed by atoms with Crippen LogP contribution in [0.3, 0.4) is 0 Å². The summed E-state index contributed by atoms with van der Waals surface area (Å²) in [4.78, 5) is 8.57. The largest absolute Gasteiger partial charge is 0.386 e. The molecule has 0 aliphatic rings. The lowest BCUT2D eigenvalue weighted by Gasteiger charge is -2.14. The molecule has 4 aromatic rings. The van der Waals surface area contributed by atoms with Gasteiger partial charge < -0.3 is 45.4 Å². The van der Waals surface area contributed by atoms with Gasteiger partial charge in [-0.25, -0.2) is 9.97 Å². The Bertz CT molecular complexity index is 1270. The molecule has 0 fully saturated rings. The monoisotopic (exact) mass is 566 g/mol. The number of pyridine rings is 2. The molecule has 11 nitrogen and oxygen atoms in total. The second kappa shape index (κ2) is 16.1. The van der Waals surface area contributed by atoms with Gasteiger partial charge >= 0.3 is 0 Å². The number of fused-ring (bicyclic) bond motifs is 2. The molecular weight excluding hydrogens is 528 g/mol. The maximum absolute atomic E-state index is 10.5. The van der Waals surface area contributed by atoms with E-state index in [1.54, 1.807) is 12.1 Å². The molecule has 4 rings (SSSR count). The SMILES string of the molecule is Nc1ccc2c(C(O)COCCOCCOCCOCCOCC(O)c3cccc4nc(N)ccc34)cccc2n1. The Morgan fingerprint density at radius 3 is 1.27 bits per heavy atom. The van der Waals surface area contributed by atoms with E-state index in [1.807, 2.05) is 48.5 Å². The van der Waals surface area contributed by atoms with E-state index in [4.69, 9.17) is 35.2 Å². The van der Waals surface area contributed by atoms with Gasteiger partial charge in [0.2, 0.25) is 0 Å². The van der Waals surface area contributed by atoms with E-state index < -0.39 is 12.2 Å². The molecule has 0 saturated carbocycles. The van der Waals surface area contributed by atoms with Crippen LogP contribution in [0.15, 0.2) is 60.7 Å². The van der Waals surface area contributed by atoms with Gasteiger partial charge in [-0.3, -0.25) is 0 Å². The first-order chi connectivity index (χ1) is 20.0. The fraction of sp³-hybridized carbons (Fsp3) is 0.400. The molecule has 2 unspecified atom stereocenters. The molecule has 0 aliphatic heterocycles.